The molecule has 0 aromatic carbocycles. The van der Waals surface area contributed by atoms with Crippen LogP contribution in [0.5, 0.6) is 0 Å². The minimum Gasteiger partial charge on any atom is -0.369 e. The number of hydrogen-bond donors (Lipinski definition) is 1. The van der Waals surface area contributed by atoms with Crippen LogP contribution in [0.2, 0.25) is 0 Å². The normalized spacial score (nSPS) is 10.7. The van der Waals surface area contributed by atoms with E-state index in [1.54, 1.807) is 0 Å². The molecule has 0 fully saturated rings. The molecule has 0 aliphatic rings. The van der Waals surface area contributed by atoms with Crippen molar-refractivity contribution in [1.29, 1.82) is 0 Å². The van der Waals surface area contributed by atoms with Gasteiger partial charge < -0.3 is 9.88 Å². The van der Waals surface area contributed by atoms with Crippen LogP contribution in [0.15, 0.2) is 17.1 Å². The topological polar surface area (TPSA) is 34.0 Å². The number of thioether (sulfide) groups is 1. The highest BCUT2D eigenvalue weighted by Crippen LogP contribution is 2.10. The zero-order valence-electron chi connectivity index (χ0n) is 9.08. The van der Waals surface area contributed by atoms with E-state index in [-0.39, 0.29) is 17.3 Å². The summed E-state index contributed by atoms with van der Waals surface area (Å²) in [5.74, 6) is 0.0276. The van der Waals surface area contributed by atoms with Gasteiger partial charge in [0.15, 0.2) is 5.82 Å². The lowest BCUT2D eigenvalue weighted by atomic mass is 10.3. The quantitative estimate of drug-likeness (QED) is 0.806. The SMILES string of the molecule is CSCNc1c(F)ccn(C(C)C)c1=O. The van der Waals surface area contributed by atoms with Crippen molar-refractivity contribution in [3.05, 3.63) is 28.4 Å². The van der Waals surface area contributed by atoms with Gasteiger partial charge in [0.05, 0.1) is 5.88 Å². The lowest BCUT2D eigenvalue weighted by molar-refractivity contribution is 0.560. The number of aromatic nitrogens is 1. The maximum Gasteiger partial charge on any atom is 0.277 e. The van der Waals surface area contributed by atoms with E-state index in [1.807, 2.05) is 20.1 Å². The Balaban J connectivity index is 3.13. The Morgan fingerprint density at radius 1 is 1.60 bits per heavy atom. The van der Waals surface area contributed by atoms with Crippen LogP contribution in [0.4, 0.5) is 10.1 Å². The van der Waals surface area contributed by atoms with Gasteiger partial charge in [0, 0.05) is 12.2 Å². The van der Waals surface area contributed by atoms with E-state index in [0.717, 1.165) is 0 Å². The second-order valence-electron chi connectivity index (χ2n) is 3.45. The van der Waals surface area contributed by atoms with Crippen LogP contribution < -0.4 is 10.9 Å². The third-order valence-electron chi connectivity index (χ3n) is 2.02. The highest BCUT2D eigenvalue weighted by Gasteiger charge is 2.10. The van der Waals surface area contributed by atoms with E-state index in [2.05, 4.69) is 5.32 Å². The van der Waals surface area contributed by atoms with Crippen molar-refractivity contribution in [3.63, 3.8) is 0 Å². The largest absolute Gasteiger partial charge is 0.369 e. The van der Waals surface area contributed by atoms with Crippen molar-refractivity contribution >= 4 is 17.4 Å². The van der Waals surface area contributed by atoms with Gasteiger partial charge in [-0.15, -0.1) is 11.8 Å². The van der Waals surface area contributed by atoms with Crippen LogP contribution in [-0.2, 0) is 0 Å². The average Bonchev–Trinajstić information content (AvgIpc) is 2.17. The van der Waals surface area contributed by atoms with Crippen molar-refractivity contribution in [1.82, 2.24) is 4.57 Å². The van der Waals surface area contributed by atoms with Crippen molar-refractivity contribution in [3.8, 4) is 0 Å². The first-order valence-electron chi connectivity index (χ1n) is 4.71. The monoisotopic (exact) mass is 230 g/mol. The predicted molar refractivity (Wildman–Crippen MR) is 63.0 cm³/mol. The van der Waals surface area contributed by atoms with Crippen LogP contribution in [-0.4, -0.2) is 16.7 Å². The molecule has 0 radical (unpaired) electrons. The van der Waals surface area contributed by atoms with E-state index >= 15 is 0 Å². The first kappa shape index (κ1) is 12.1. The van der Waals surface area contributed by atoms with Gasteiger partial charge in [-0.25, -0.2) is 4.39 Å². The minimum atomic E-state index is -0.494. The van der Waals surface area contributed by atoms with E-state index in [0.29, 0.717) is 5.88 Å². The number of anilines is 1. The average molecular weight is 230 g/mol. The third-order valence-corrected chi connectivity index (χ3v) is 2.45. The molecule has 0 spiro atoms. The fourth-order valence-corrected chi connectivity index (χ4v) is 1.53. The van der Waals surface area contributed by atoms with Gasteiger partial charge >= 0.3 is 0 Å². The molecule has 0 atom stereocenters. The smallest absolute Gasteiger partial charge is 0.277 e. The maximum atomic E-state index is 13.3. The molecule has 1 heterocycles. The Bertz CT molecular complexity index is 389. The molecule has 15 heavy (non-hydrogen) atoms. The summed E-state index contributed by atoms with van der Waals surface area (Å²) < 4.78 is 14.8. The molecule has 1 rings (SSSR count). The van der Waals surface area contributed by atoms with Crippen molar-refractivity contribution in [2.45, 2.75) is 19.9 Å². The molecule has 5 heteroatoms. The van der Waals surface area contributed by atoms with Gasteiger partial charge in [-0.2, -0.15) is 0 Å². The standard InChI is InChI=1S/C10H15FN2OS/c1-7(2)13-5-4-8(11)9(10(13)14)12-6-15-3/h4-5,7,12H,6H2,1-3H3. The molecule has 0 unspecified atom stereocenters. The molecule has 0 saturated carbocycles. The zero-order chi connectivity index (χ0) is 11.4. The summed E-state index contributed by atoms with van der Waals surface area (Å²) in [5, 5.41) is 2.78. The first-order chi connectivity index (χ1) is 7.07. The van der Waals surface area contributed by atoms with Crippen molar-refractivity contribution < 1.29 is 4.39 Å². The van der Waals surface area contributed by atoms with Crippen molar-refractivity contribution in [2.24, 2.45) is 0 Å². The highest BCUT2D eigenvalue weighted by molar-refractivity contribution is 7.98. The second kappa shape index (κ2) is 5.21. The minimum absolute atomic E-state index is 0.0351. The van der Waals surface area contributed by atoms with Crippen molar-refractivity contribution in [2.75, 3.05) is 17.4 Å². The molecular formula is C10H15FN2OS. The van der Waals surface area contributed by atoms with E-state index in [9.17, 15) is 9.18 Å². The Morgan fingerprint density at radius 2 is 2.27 bits per heavy atom. The summed E-state index contributed by atoms with van der Waals surface area (Å²) in [7, 11) is 0. The number of nitrogens with one attached hydrogen (secondary N) is 1. The fraction of sp³-hybridized carbons (Fsp3) is 0.500. The molecule has 0 amide bonds. The summed E-state index contributed by atoms with van der Waals surface area (Å²) in [6.45, 7) is 3.77. The van der Waals surface area contributed by atoms with E-state index in [4.69, 9.17) is 0 Å². The number of hydrogen-bond acceptors (Lipinski definition) is 3. The molecule has 0 bridgehead atoms. The summed E-state index contributed by atoms with van der Waals surface area (Å²) >= 11 is 1.50. The van der Waals surface area contributed by atoms with Gasteiger partial charge in [0.1, 0.15) is 5.69 Å². The molecule has 0 aliphatic heterocycles. The molecule has 1 aromatic heterocycles. The number of rotatable bonds is 4. The number of halogens is 1. The van der Waals surface area contributed by atoms with Crippen LogP contribution in [0.1, 0.15) is 19.9 Å². The summed E-state index contributed by atoms with van der Waals surface area (Å²) in [5.41, 5.74) is -0.250. The maximum absolute atomic E-state index is 13.3. The van der Waals surface area contributed by atoms with E-state index < -0.39 is 5.82 Å². The molecule has 1 aromatic rings. The predicted octanol–water partition coefficient (Wildman–Crippen LogP) is 2.30. The highest BCUT2D eigenvalue weighted by atomic mass is 32.2. The molecule has 0 saturated heterocycles. The molecule has 3 nitrogen and oxygen atoms in total. The van der Waals surface area contributed by atoms with Crippen LogP contribution in [0.25, 0.3) is 0 Å². The Kier molecular flexibility index (Phi) is 4.20. The van der Waals surface area contributed by atoms with Crippen LogP contribution in [0, 0.1) is 5.82 Å². The third kappa shape index (κ3) is 2.75. The van der Waals surface area contributed by atoms with Gasteiger partial charge in [0.2, 0.25) is 0 Å². The Morgan fingerprint density at radius 3 is 2.80 bits per heavy atom. The lowest BCUT2D eigenvalue weighted by Crippen LogP contribution is -2.25. The Labute approximate surface area is 92.7 Å². The molecule has 1 N–H and O–H groups in total. The summed E-state index contributed by atoms with van der Waals surface area (Å²) in [6, 6.07) is 1.34. The number of pyridine rings is 1. The van der Waals surface area contributed by atoms with E-state index in [1.165, 1.54) is 28.6 Å². The molecular weight excluding hydrogens is 215 g/mol. The number of nitrogens with zero attached hydrogens (tertiary/aromatic N) is 1. The second-order valence-corrected chi connectivity index (χ2v) is 4.32. The summed E-state index contributed by atoms with van der Waals surface area (Å²) in [6.07, 6.45) is 3.36. The Hall–Kier alpha value is -0.970. The fourth-order valence-electron chi connectivity index (χ4n) is 1.24. The molecule has 84 valence electrons. The first-order valence-corrected chi connectivity index (χ1v) is 6.10. The van der Waals surface area contributed by atoms with Gasteiger partial charge in [-0.05, 0) is 26.2 Å². The van der Waals surface area contributed by atoms with Gasteiger partial charge in [0.25, 0.3) is 5.56 Å². The molecule has 0 aliphatic carbocycles. The van der Waals surface area contributed by atoms with Gasteiger partial charge in [-0.3, -0.25) is 4.79 Å². The zero-order valence-corrected chi connectivity index (χ0v) is 9.90. The van der Waals surface area contributed by atoms with Crippen LogP contribution >= 0.6 is 11.8 Å². The lowest BCUT2D eigenvalue weighted by Gasteiger charge is -2.12. The summed E-state index contributed by atoms with van der Waals surface area (Å²) in [4.78, 5) is 11.8. The van der Waals surface area contributed by atoms with Crippen LogP contribution in [0.3, 0.4) is 0 Å². The van der Waals surface area contributed by atoms with Gasteiger partial charge in [-0.1, -0.05) is 0 Å².